The standard InChI is InChI=1S/2C18H19N4.Pt/c2*1-11-6-7-12-10-19-17(20-14(12)9-11)15-13-5-4-8-18(2,3)16(13)22-21-15;/h2*6-7,9-10H,4-5,8H2,1-3H3;/q2*-1;+2. The van der Waals surface area contributed by atoms with Gasteiger partial charge in [-0.2, -0.15) is 0 Å². The topological polar surface area (TPSA) is 106 Å². The monoisotopic (exact) mass is 777 g/mol. The molecule has 8 rings (SSSR count). The zero-order valence-corrected chi connectivity index (χ0v) is 29.0. The van der Waals surface area contributed by atoms with Gasteiger partial charge >= 0.3 is 21.1 Å². The largest absolute Gasteiger partial charge is 2.00 e. The molecular weight excluding hydrogens is 740 g/mol. The maximum Gasteiger partial charge on any atom is 2.00 e. The van der Waals surface area contributed by atoms with Crippen molar-refractivity contribution in [1.82, 2.24) is 40.3 Å². The first-order valence-corrected chi connectivity index (χ1v) is 15.6. The molecule has 0 bridgehead atoms. The Balaban J connectivity index is 0.000000155. The summed E-state index contributed by atoms with van der Waals surface area (Å²) in [5, 5.41) is 19.9. The molecule has 4 heterocycles. The average Bonchev–Trinajstić information content (AvgIpc) is 3.63. The number of aromatic nitrogens is 8. The number of nitrogens with zero attached hydrogens (tertiary/aromatic N) is 8. The molecular formula is C36H38N8Pt. The van der Waals surface area contributed by atoms with Crippen LogP contribution in [0.25, 0.3) is 44.8 Å². The van der Waals surface area contributed by atoms with Crippen molar-refractivity contribution in [2.45, 2.75) is 90.9 Å². The maximum atomic E-state index is 4.72. The zero-order chi connectivity index (χ0) is 30.6. The van der Waals surface area contributed by atoms with Gasteiger partial charge in [0.05, 0.1) is 11.0 Å². The van der Waals surface area contributed by atoms with Crippen molar-refractivity contribution in [3.8, 4) is 23.0 Å². The summed E-state index contributed by atoms with van der Waals surface area (Å²) in [5.41, 5.74) is 11.0. The summed E-state index contributed by atoms with van der Waals surface area (Å²) in [6.45, 7) is 13.1. The Hall–Kier alpha value is -3.77. The molecule has 8 nitrogen and oxygen atoms in total. The van der Waals surface area contributed by atoms with Crippen LogP contribution in [0.3, 0.4) is 0 Å². The molecule has 2 aliphatic carbocycles. The van der Waals surface area contributed by atoms with Crippen LogP contribution in [0.1, 0.15) is 87.0 Å². The molecule has 0 unspecified atom stereocenters. The summed E-state index contributed by atoms with van der Waals surface area (Å²) < 4.78 is 0. The Bertz CT molecular complexity index is 1870. The van der Waals surface area contributed by atoms with E-state index in [2.05, 4.69) is 108 Å². The van der Waals surface area contributed by atoms with Gasteiger partial charge in [-0.05, 0) is 86.8 Å². The minimum atomic E-state index is 0. The van der Waals surface area contributed by atoms with Gasteiger partial charge in [0.2, 0.25) is 0 Å². The number of hydrogen-bond acceptors (Lipinski definition) is 6. The zero-order valence-electron chi connectivity index (χ0n) is 26.8. The molecule has 0 fully saturated rings. The van der Waals surface area contributed by atoms with Gasteiger partial charge in [-0.3, -0.25) is 0 Å². The van der Waals surface area contributed by atoms with E-state index in [-0.39, 0.29) is 31.9 Å². The Morgan fingerprint density at radius 1 is 0.622 bits per heavy atom. The second kappa shape index (κ2) is 11.9. The van der Waals surface area contributed by atoms with Gasteiger partial charge < -0.3 is 20.4 Å². The number of fused-ring (bicyclic) bond motifs is 4. The van der Waals surface area contributed by atoms with E-state index in [0.717, 1.165) is 70.3 Å². The third-order valence-electron chi connectivity index (χ3n) is 9.28. The molecule has 0 N–H and O–H groups in total. The van der Waals surface area contributed by atoms with Crippen molar-refractivity contribution in [3.63, 3.8) is 0 Å². The fourth-order valence-corrected chi connectivity index (χ4v) is 6.73. The van der Waals surface area contributed by atoms with Crippen molar-refractivity contribution in [3.05, 3.63) is 82.4 Å². The van der Waals surface area contributed by atoms with Gasteiger partial charge in [0.1, 0.15) is 11.6 Å². The summed E-state index contributed by atoms with van der Waals surface area (Å²) in [5.74, 6) is 1.40. The second-order valence-electron chi connectivity index (χ2n) is 13.7. The van der Waals surface area contributed by atoms with Crippen LogP contribution in [0.5, 0.6) is 0 Å². The van der Waals surface area contributed by atoms with Crippen LogP contribution in [0.15, 0.2) is 48.8 Å². The van der Waals surface area contributed by atoms with Crippen LogP contribution in [-0.2, 0) is 44.7 Å². The van der Waals surface area contributed by atoms with E-state index in [0.29, 0.717) is 11.6 Å². The summed E-state index contributed by atoms with van der Waals surface area (Å²) in [6.07, 6.45) is 10.5. The quantitative estimate of drug-likeness (QED) is 0.183. The maximum absolute atomic E-state index is 4.72. The Kier molecular flexibility index (Phi) is 8.23. The molecule has 9 heteroatoms. The summed E-state index contributed by atoms with van der Waals surface area (Å²) in [7, 11) is 0. The van der Waals surface area contributed by atoms with Crippen molar-refractivity contribution in [2.75, 3.05) is 0 Å². The van der Waals surface area contributed by atoms with Crippen LogP contribution in [0.2, 0.25) is 0 Å². The molecule has 0 saturated heterocycles. The smallest absolute Gasteiger partial charge is 0.572 e. The minimum Gasteiger partial charge on any atom is -0.572 e. The van der Waals surface area contributed by atoms with E-state index in [1.807, 2.05) is 12.4 Å². The Labute approximate surface area is 278 Å². The number of benzene rings is 2. The van der Waals surface area contributed by atoms with Crippen molar-refractivity contribution >= 4 is 21.8 Å². The summed E-state index contributed by atoms with van der Waals surface area (Å²) in [6, 6.07) is 12.5. The number of aryl methyl sites for hydroxylation is 2. The van der Waals surface area contributed by atoms with E-state index in [1.54, 1.807) is 0 Å². The van der Waals surface area contributed by atoms with Gasteiger partial charge in [-0.1, -0.05) is 63.3 Å². The second-order valence-corrected chi connectivity index (χ2v) is 13.7. The normalized spacial score (nSPS) is 16.3. The van der Waals surface area contributed by atoms with Crippen molar-refractivity contribution < 1.29 is 21.1 Å². The van der Waals surface area contributed by atoms with Crippen molar-refractivity contribution in [1.29, 1.82) is 0 Å². The van der Waals surface area contributed by atoms with Crippen LogP contribution in [0.4, 0.5) is 0 Å². The SMILES string of the molecule is Cc1ccc2cnc(-c3[n-]nc4c3CCCC4(C)C)nc2c1.Cc1ccc2cnc(-c3[n-]nc4c3CCCC4(C)C)nc2c1.[Pt+2]. The molecule has 0 atom stereocenters. The number of hydrogen-bond donors (Lipinski definition) is 0. The summed E-state index contributed by atoms with van der Waals surface area (Å²) in [4.78, 5) is 18.5. The molecule has 0 aliphatic heterocycles. The molecule has 2 aliphatic rings. The van der Waals surface area contributed by atoms with Crippen LogP contribution >= 0.6 is 0 Å². The first kappa shape index (κ1) is 31.2. The molecule has 4 aromatic heterocycles. The van der Waals surface area contributed by atoms with E-state index in [4.69, 9.17) is 9.97 Å². The molecule has 0 radical (unpaired) electrons. The van der Waals surface area contributed by atoms with Gasteiger partial charge in [0, 0.05) is 45.4 Å². The van der Waals surface area contributed by atoms with Crippen LogP contribution in [0, 0.1) is 13.8 Å². The average molecular weight is 778 g/mol. The fourth-order valence-electron chi connectivity index (χ4n) is 6.73. The molecule has 45 heavy (non-hydrogen) atoms. The van der Waals surface area contributed by atoms with E-state index in [9.17, 15) is 0 Å². The third kappa shape index (κ3) is 5.85. The predicted molar refractivity (Wildman–Crippen MR) is 174 cm³/mol. The van der Waals surface area contributed by atoms with Crippen LogP contribution in [-0.4, -0.2) is 30.1 Å². The van der Waals surface area contributed by atoms with Gasteiger partial charge in [0.25, 0.3) is 0 Å². The van der Waals surface area contributed by atoms with E-state index in [1.165, 1.54) is 35.1 Å². The van der Waals surface area contributed by atoms with Gasteiger partial charge in [-0.25, -0.2) is 19.9 Å². The van der Waals surface area contributed by atoms with Gasteiger partial charge in [0.15, 0.2) is 0 Å². The fraction of sp³-hybridized carbons (Fsp3) is 0.389. The Morgan fingerprint density at radius 3 is 1.47 bits per heavy atom. The van der Waals surface area contributed by atoms with E-state index < -0.39 is 0 Å². The van der Waals surface area contributed by atoms with E-state index >= 15 is 0 Å². The first-order valence-electron chi connectivity index (χ1n) is 15.6. The van der Waals surface area contributed by atoms with Crippen LogP contribution < -0.4 is 10.2 Å². The predicted octanol–water partition coefficient (Wildman–Crippen LogP) is 7.14. The van der Waals surface area contributed by atoms with Crippen molar-refractivity contribution in [2.24, 2.45) is 0 Å². The minimum absolute atomic E-state index is 0. The molecule has 2 aromatic carbocycles. The Morgan fingerprint density at radius 2 is 1.04 bits per heavy atom. The number of rotatable bonds is 2. The molecule has 0 saturated carbocycles. The summed E-state index contributed by atoms with van der Waals surface area (Å²) >= 11 is 0. The third-order valence-corrected chi connectivity index (χ3v) is 9.28. The first-order chi connectivity index (χ1) is 21.1. The molecule has 0 amide bonds. The molecule has 0 spiro atoms. The van der Waals surface area contributed by atoms with Gasteiger partial charge in [-0.15, -0.1) is 0 Å². The molecule has 6 aromatic rings. The molecule has 232 valence electrons.